The van der Waals surface area contributed by atoms with Crippen LogP contribution in [0.2, 0.25) is 0 Å². The first-order valence-electron chi connectivity index (χ1n) is 13.4. The molecule has 1 saturated carbocycles. The molecular weight excluding hydrogens is 470 g/mol. The molecule has 37 heavy (non-hydrogen) atoms. The summed E-state index contributed by atoms with van der Waals surface area (Å²) in [5, 5.41) is 16.1. The first-order chi connectivity index (χ1) is 17.9. The van der Waals surface area contributed by atoms with Gasteiger partial charge in [0.2, 0.25) is 11.9 Å². The van der Waals surface area contributed by atoms with Gasteiger partial charge in [-0.3, -0.25) is 9.69 Å². The summed E-state index contributed by atoms with van der Waals surface area (Å²) in [5.41, 5.74) is 3.47. The first kappa shape index (κ1) is 26.8. The first-order valence-corrected chi connectivity index (χ1v) is 13.4. The lowest BCUT2D eigenvalue weighted by atomic mass is 10.1. The van der Waals surface area contributed by atoms with E-state index in [-0.39, 0.29) is 12.5 Å². The van der Waals surface area contributed by atoms with Crippen LogP contribution in [0.4, 0.5) is 11.8 Å². The van der Waals surface area contributed by atoms with Crippen LogP contribution in [0.5, 0.6) is 0 Å². The summed E-state index contributed by atoms with van der Waals surface area (Å²) in [6.07, 6.45) is 11.2. The fourth-order valence-corrected chi connectivity index (χ4v) is 4.52. The molecule has 4 rings (SSSR count). The zero-order chi connectivity index (χ0) is 26.2. The topological polar surface area (TPSA) is 124 Å². The molecule has 1 aliphatic heterocycles. The molecule has 0 unspecified atom stereocenters. The SMILES string of the molecule is CN(C)C(=O)CN(CCCCc1ccc2c(n1)NCCC2)CC[C@H](Nc1ncc(C2CC2)cn1)C(=O)O. The van der Waals surface area contributed by atoms with Gasteiger partial charge < -0.3 is 20.6 Å². The number of fused-ring (bicyclic) bond motifs is 1. The summed E-state index contributed by atoms with van der Waals surface area (Å²) < 4.78 is 0. The molecule has 200 valence electrons. The monoisotopic (exact) mass is 509 g/mol. The van der Waals surface area contributed by atoms with Crippen LogP contribution in [0.1, 0.15) is 61.3 Å². The molecule has 0 saturated heterocycles. The van der Waals surface area contributed by atoms with E-state index in [2.05, 4.69) is 32.7 Å². The van der Waals surface area contributed by atoms with E-state index in [4.69, 9.17) is 4.98 Å². The maximum Gasteiger partial charge on any atom is 0.326 e. The normalized spacial score (nSPS) is 15.5. The second-order valence-corrected chi connectivity index (χ2v) is 10.3. The summed E-state index contributed by atoms with van der Waals surface area (Å²) in [6.45, 7) is 2.42. The largest absolute Gasteiger partial charge is 0.480 e. The van der Waals surface area contributed by atoms with Gasteiger partial charge in [-0.25, -0.2) is 19.7 Å². The van der Waals surface area contributed by atoms with Crippen molar-refractivity contribution in [3.8, 4) is 0 Å². The number of carbonyl (C=O) groups excluding carboxylic acids is 1. The lowest BCUT2D eigenvalue weighted by Crippen LogP contribution is -2.40. The quantitative estimate of drug-likeness (QED) is 0.330. The van der Waals surface area contributed by atoms with Gasteiger partial charge in [-0.05, 0) is 81.0 Å². The predicted octanol–water partition coefficient (Wildman–Crippen LogP) is 2.78. The summed E-state index contributed by atoms with van der Waals surface area (Å²) in [4.78, 5) is 41.3. The third-order valence-corrected chi connectivity index (χ3v) is 7.02. The zero-order valence-electron chi connectivity index (χ0n) is 21.9. The van der Waals surface area contributed by atoms with Gasteiger partial charge in [0.05, 0.1) is 6.54 Å². The fraction of sp³-hybridized carbons (Fsp3) is 0.593. The number of unbranched alkanes of at least 4 members (excludes halogenated alkanes) is 1. The van der Waals surface area contributed by atoms with Gasteiger partial charge >= 0.3 is 5.97 Å². The molecule has 2 aromatic heterocycles. The van der Waals surface area contributed by atoms with Gasteiger partial charge in [-0.1, -0.05) is 6.07 Å². The van der Waals surface area contributed by atoms with Gasteiger partial charge in [-0.15, -0.1) is 0 Å². The number of aliphatic carboxylic acids is 1. The van der Waals surface area contributed by atoms with Crippen LogP contribution in [-0.2, 0) is 22.4 Å². The van der Waals surface area contributed by atoms with Crippen molar-refractivity contribution in [2.75, 3.05) is 50.9 Å². The minimum atomic E-state index is -0.958. The van der Waals surface area contributed by atoms with Crippen LogP contribution in [0, 0.1) is 0 Å². The fourth-order valence-electron chi connectivity index (χ4n) is 4.52. The Balaban J connectivity index is 1.28. The second-order valence-electron chi connectivity index (χ2n) is 10.3. The Morgan fingerprint density at radius 3 is 2.65 bits per heavy atom. The molecule has 1 fully saturated rings. The molecule has 0 aromatic carbocycles. The lowest BCUT2D eigenvalue weighted by Gasteiger charge is -2.25. The van der Waals surface area contributed by atoms with Crippen molar-refractivity contribution in [1.82, 2.24) is 24.8 Å². The van der Waals surface area contributed by atoms with Crippen molar-refractivity contribution in [1.29, 1.82) is 0 Å². The minimum Gasteiger partial charge on any atom is -0.480 e. The number of aromatic nitrogens is 3. The van der Waals surface area contributed by atoms with Crippen LogP contribution >= 0.6 is 0 Å². The molecular formula is C27H39N7O3. The van der Waals surface area contributed by atoms with Crippen LogP contribution in [0.25, 0.3) is 0 Å². The number of hydrogen-bond acceptors (Lipinski definition) is 8. The minimum absolute atomic E-state index is 0.00117. The molecule has 1 amide bonds. The third-order valence-electron chi connectivity index (χ3n) is 7.02. The molecule has 1 aliphatic carbocycles. The van der Waals surface area contributed by atoms with Gasteiger partial charge in [0, 0.05) is 45.3 Å². The molecule has 1 atom stereocenters. The van der Waals surface area contributed by atoms with Crippen molar-refractivity contribution < 1.29 is 14.7 Å². The summed E-state index contributed by atoms with van der Waals surface area (Å²) in [7, 11) is 3.47. The highest BCUT2D eigenvalue weighted by atomic mass is 16.4. The van der Waals surface area contributed by atoms with Crippen LogP contribution in [0.3, 0.4) is 0 Å². The Morgan fingerprint density at radius 1 is 1.16 bits per heavy atom. The molecule has 10 heteroatoms. The Kier molecular flexibility index (Phi) is 9.27. The highest BCUT2D eigenvalue weighted by molar-refractivity contribution is 5.78. The number of likely N-dealkylation sites (N-methyl/N-ethyl adjacent to an activating group) is 1. The second kappa shape index (κ2) is 12.8. The van der Waals surface area contributed by atoms with Crippen LogP contribution < -0.4 is 10.6 Å². The van der Waals surface area contributed by atoms with E-state index < -0.39 is 12.0 Å². The van der Waals surface area contributed by atoms with Crippen LogP contribution in [0.15, 0.2) is 24.5 Å². The van der Waals surface area contributed by atoms with Gasteiger partial charge in [-0.2, -0.15) is 0 Å². The average Bonchev–Trinajstić information content (AvgIpc) is 3.74. The van der Waals surface area contributed by atoms with E-state index >= 15 is 0 Å². The Hall–Kier alpha value is -3.27. The van der Waals surface area contributed by atoms with Gasteiger partial charge in [0.1, 0.15) is 11.9 Å². The van der Waals surface area contributed by atoms with E-state index in [1.165, 1.54) is 5.56 Å². The molecule has 3 heterocycles. The molecule has 3 N–H and O–H groups in total. The van der Waals surface area contributed by atoms with E-state index in [1.54, 1.807) is 31.4 Å². The Morgan fingerprint density at radius 2 is 1.95 bits per heavy atom. The summed E-state index contributed by atoms with van der Waals surface area (Å²) >= 11 is 0. The van der Waals surface area contributed by atoms with E-state index in [1.807, 2.05) is 4.90 Å². The number of hydrogen-bond donors (Lipinski definition) is 3. The molecule has 0 radical (unpaired) electrons. The number of nitrogens with zero attached hydrogens (tertiary/aromatic N) is 5. The highest BCUT2D eigenvalue weighted by Gasteiger charge is 2.25. The van der Waals surface area contributed by atoms with Crippen molar-refractivity contribution in [2.24, 2.45) is 0 Å². The smallest absolute Gasteiger partial charge is 0.326 e. The number of aryl methyl sites for hydroxylation is 2. The number of pyridine rings is 1. The van der Waals surface area contributed by atoms with Gasteiger partial charge in [0.25, 0.3) is 0 Å². The number of anilines is 2. The third kappa shape index (κ3) is 8.11. The summed E-state index contributed by atoms with van der Waals surface area (Å²) in [5.74, 6) is 0.925. The average molecular weight is 510 g/mol. The standard InChI is InChI=1S/C27H39N7O3/c1-33(2)24(35)18-34(14-4-3-7-22-11-10-20-6-5-13-28-25(20)31-22)15-12-23(26(36)37)32-27-29-16-21(17-30-27)19-8-9-19/h10-11,16-17,19,23H,3-9,12-15,18H2,1-2H3,(H,28,31)(H,36,37)(H,29,30,32)/t23-/m0/s1. The van der Waals surface area contributed by atoms with Crippen molar-refractivity contribution in [3.05, 3.63) is 41.3 Å². The molecule has 2 aromatic rings. The maximum absolute atomic E-state index is 12.4. The van der Waals surface area contributed by atoms with Crippen LogP contribution in [-0.4, -0.2) is 88.1 Å². The number of carboxylic acids is 1. The number of amides is 1. The van der Waals surface area contributed by atoms with Crippen molar-refractivity contribution >= 4 is 23.6 Å². The number of nitrogens with one attached hydrogen (secondary N) is 2. The maximum atomic E-state index is 12.4. The van der Waals surface area contributed by atoms with E-state index in [9.17, 15) is 14.7 Å². The van der Waals surface area contributed by atoms with E-state index in [0.29, 0.717) is 31.4 Å². The predicted molar refractivity (Wildman–Crippen MR) is 143 cm³/mol. The highest BCUT2D eigenvalue weighted by Crippen LogP contribution is 2.39. The molecule has 0 bridgehead atoms. The number of carbonyl (C=O) groups is 2. The van der Waals surface area contributed by atoms with Crippen molar-refractivity contribution in [3.63, 3.8) is 0 Å². The molecule has 10 nitrogen and oxygen atoms in total. The summed E-state index contributed by atoms with van der Waals surface area (Å²) in [6, 6.07) is 3.45. The molecule has 2 aliphatic rings. The lowest BCUT2D eigenvalue weighted by molar-refractivity contribution is -0.138. The van der Waals surface area contributed by atoms with Crippen molar-refractivity contribution in [2.45, 2.75) is 63.3 Å². The zero-order valence-corrected chi connectivity index (χ0v) is 21.9. The molecule has 0 spiro atoms. The number of carboxylic acid groups (broad SMARTS) is 1. The van der Waals surface area contributed by atoms with Gasteiger partial charge in [0.15, 0.2) is 0 Å². The number of rotatable bonds is 14. The van der Waals surface area contributed by atoms with E-state index in [0.717, 1.165) is 68.6 Å². The Bertz CT molecular complexity index is 1060. The Labute approximate surface area is 218 Å².